The summed E-state index contributed by atoms with van der Waals surface area (Å²) in [6.45, 7) is 2.00. The molecular formula is C12H16BrNO2. The van der Waals surface area contributed by atoms with Crippen LogP contribution in [0.25, 0.3) is 0 Å². The number of halogens is 1. The Morgan fingerprint density at radius 1 is 1.50 bits per heavy atom. The molecule has 0 saturated carbocycles. The van der Waals surface area contributed by atoms with Gasteiger partial charge in [-0.1, -0.05) is 28.1 Å². The van der Waals surface area contributed by atoms with Crippen LogP contribution in [-0.2, 0) is 11.2 Å². The van der Waals surface area contributed by atoms with Crippen molar-refractivity contribution in [2.24, 2.45) is 0 Å². The summed E-state index contributed by atoms with van der Waals surface area (Å²) in [6, 6.07) is 5.46. The Hall–Kier alpha value is -0.870. The molecule has 88 valence electrons. The third kappa shape index (κ3) is 3.32. The highest BCUT2D eigenvalue weighted by Gasteiger charge is 2.20. The average Bonchev–Trinajstić information content (AvgIpc) is 2.18. The van der Waals surface area contributed by atoms with Gasteiger partial charge in [0.1, 0.15) is 6.04 Å². The summed E-state index contributed by atoms with van der Waals surface area (Å²) >= 11 is 3.43. The molecule has 1 aromatic rings. The molecule has 0 spiro atoms. The number of rotatable bonds is 4. The van der Waals surface area contributed by atoms with Crippen LogP contribution in [-0.4, -0.2) is 36.1 Å². The molecule has 0 aliphatic rings. The maximum absolute atomic E-state index is 11.0. The third-order valence-electron chi connectivity index (χ3n) is 2.56. The molecule has 4 heteroatoms. The number of aryl methyl sites for hydroxylation is 1. The van der Waals surface area contributed by atoms with Crippen molar-refractivity contribution in [1.29, 1.82) is 0 Å². The van der Waals surface area contributed by atoms with E-state index >= 15 is 0 Å². The van der Waals surface area contributed by atoms with Crippen LogP contribution in [0.4, 0.5) is 0 Å². The van der Waals surface area contributed by atoms with Crippen LogP contribution in [0.15, 0.2) is 22.7 Å². The number of hydrogen-bond donors (Lipinski definition) is 1. The Bertz CT molecular complexity index is 391. The van der Waals surface area contributed by atoms with Gasteiger partial charge in [0, 0.05) is 4.47 Å². The molecule has 0 aromatic heterocycles. The van der Waals surface area contributed by atoms with Crippen LogP contribution >= 0.6 is 15.9 Å². The van der Waals surface area contributed by atoms with E-state index in [2.05, 4.69) is 15.9 Å². The van der Waals surface area contributed by atoms with Gasteiger partial charge in [-0.3, -0.25) is 9.69 Å². The van der Waals surface area contributed by atoms with Crippen molar-refractivity contribution in [1.82, 2.24) is 4.90 Å². The Kier molecular flexibility index (Phi) is 4.50. The van der Waals surface area contributed by atoms with Gasteiger partial charge in [0.15, 0.2) is 0 Å². The van der Waals surface area contributed by atoms with Crippen LogP contribution in [0, 0.1) is 6.92 Å². The lowest BCUT2D eigenvalue weighted by Gasteiger charge is -2.20. The molecule has 0 saturated heterocycles. The molecule has 1 aromatic carbocycles. The van der Waals surface area contributed by atoms with Gasteiger partial charge in [0.05, 0.1) is 0 Å². The van der Waals surface area contributed by atoms with E-state index in [0.717, 1.165) is 15.6 Å². The van der Waals surface area contributed by atoms with Crippen LogP contribution in [0.2, 0.25) is 0 Å². The summed E-state index contributed by atoms with van der Waals surface area (Å²) in [6.07, 6.45) is 0.524. The minimum atomic E-state index is -0.787. The standard InChI is InChI=1S/C12H16BrNO2/c1-8-6-9(4-5-10(8)13)7-11(12(15)16)14(2)3/h4-6,11H,7H2,1-3H3,(H,15,16). The maximum Gasteiger partial charge on any atom is 0.321 e. The second-order valence-electron chi connectivity index (χ2n) is 4.11. The Morgan fingerprint density at radius 2 is 2.12 bits per heavy atom. The zero-order valence-electron chi connectivity index (χ0n) is 9.70. The number of carboxylic acid groups (broad SMARTS) is 1. The van der Waals surface area contributed by atoms with E-state index in [0.29, 0.717) is 6.42 Å². The van der Waals surface area contributed by atoms with Crippen molar-refractivity contribution in [3.8, 4) is 0 Å². The molecule has 1 unspecified atom stereocenters. The fourth-order valence-corrected chi connectivity index (χ4v) is 1.79. The normalized spacial score (nSPS) is 12.8. The third-order valence-corrected chi connectivity index (χ3v) is 3.45. The molecule has 16 heavy (non-hydrogen) atoms. The molecule has 0 aliphatic heterocycles. The largest absolute Gasteiger partial charge is 0.480 e. The SMILES string of the molecule is Cc1cc(CC(C(=O)O)N(C)C)ccc1Br. The molecule has 0 heterocycles. The molecule has 1 N–H and O–H groups in total. The van der Waals surface area contributed by atoms with Crippen molar-refractivity contribution < 1.29 is 9.90 Å². The van der Waals surface area contributed by atoms with Gasteiger partial charge in [-0.25, -0.2) is 0 Å². The second kappa shape index (κ2) is 5.46. The topological polar surface area (TPSA) is 40.5 Å². The summed E-state index contributed by atoms with van der Waals surface area (Å²) in [5.41, 5.74) is 2.17. The van der Waals surface area contributed by atoms with Crippen LogP contribution < -0.4 is 0 Å². The minimum Gasteiger partial charge on any atom is -0.480 e. The van der Waals surface area contributed by atoms with Gasteiger partial charge in [-0.05, 0) is 44.6 Å². The van der Waals surface area contributed by atoms with E-state index in [9.17, 15) is 4.79 Å². The first-order valence-electron chi connectivity index (χ1n) is 5.06. The van der Waals surface area contributed by atoms with E-state index in [-0.39, 0.29) is 0 Å². The summed E-state index contributed by atoms with van der Waals surface area (Å²) < 4.78 is 1.05. The lowest BCUT2D eigenvalue weighted by Crippen LogP contribution is -2.37. The zero-order chi connectivity index (χ0) is 12.3. The molecule has 0 fully saturated rings. The molecule has 0 amide bonds. The molecule has 1 rings (SSSR count). The fourth-order valence-electron chi connectivity index (χ4n) is 1.55. The van der Waals surface area contributed by atoms with E-state index in [1.165, 1.54) is 0 Å². The number of aliphatic carboxylic acids is 1. The summed E-state index contributed by atoms with van der Waals surface area (Å²) in [4.78, 5) is 12.8. The van der Waals surface area contributed by atoms with E-state index in [1.54, 1.807) is 19.0 Å². The Balaban J connectivity index is 2.86. The van der Waals surface area contributed by atoms with Crippen LogP contribution in [0.5, 0.6) is 0 Å². The number of benzene rings is 1. The molecule has 0 radical (unpaired) electrons. The van der Waals surface area contributed by atoms with Gasteiger partial charge in [-0.15, -0.1) is 0 Å². The van der Waals surface area contributed by atoms with Crippen molar-refractivity contribution >= 4 is 21.9 Å². The second-order valence-corrected chi connectivity index (χ2v) is 4.96. The van der Waals surface area contributed by atoms with Gasteiger partial charge in [0.2, 0.25) is 0 Å². The highest BCUT2D eigenvalue weighted by atomic mass is 79.9. The van der Waals surface area contributed by atoms with Crippen molar-refractivity contribution in [3.05, 3.63) is 33.8 Å². The molecule has 0 bridgehead atoms. The lowest BCUT2D eigenvalue weighted by atomic mass is 10.0. The quantitative estimate of drug-likeness (QED) is 0.923. The number of nitrogens with zero attached hydrogens (tertiary/aromatic N) is 1. The van der Waals surface area contributed by atoms with Crippen molar-refractivity contribution in [3.63, 3.8) is 0 Å². The number of likely N-dealkylation sites (N-methyl/N-ethyl adjacent to an activating group) is 1. The Morgan fingerprint density at radius 3 is 2.56 bits per heavy atom. The molecular weight excluding hydrogens is 270 g/mol. The van der Waals surface area contributed by atoms with E-state index < -0.39 is 12.0 Å². The summed E-state index contributed by atoms with van der Waals surface area (Å²) in [7, 11) is 3.56. The Labute approximate surface area is 104 Å². The van der Waals surface area contributed by atoms with Crippen molar-refractivity contribution in [2.75, 3.05) is 14.1 Å². The average molecular weight is 286 g/mol. The minimum absolute atomic E-state index is 0.472. The monoisotopic (exact) mass is 285 g/mol. The first-order chi connectivity index (χ1) is 7.41. The van der Waals surface area contributed by atoms with Crippen molar-refractivity contribution in [2.45, 2.75) is 19.4 Å². The highest BCUT2D eigenvalue weighted by Crippen LogP contribution is 2.18. The van der Waals surface area contributed by atoms with Gasteiger partial charge < -0.3 is 5.11 Å². The van der Waals surface area contributed by atoms with E-state index in [4.69, 9.17) is 5.11 Å². The maximum atomic E-state index is 11.0. The summed E-state index contributed by atoms with van der Waals surface area (Å²) in [5.74, 6) is -0.787. The van der Waals surface area contributed by atoms with E-state index in [1.807, 2.05) is 25.1 Å². The van der Waals surface area contributed by atoms with Gasteiger partial charge >= 0.3 is 5.97 Å². The number of carboxylic acids is 1. The predicted molar refractivity (Wildman–Crippen MR) is 67.7 cm³/mol. The predicted octanol–water partition coefficient (Wildman–Crippen LogP) is 2.31. The highest BCUT2D eigenvalue weighted by molar-refractivity contribution is 9.10. The van der Waals surface area contributed by atoms with Gasteiger partial charge in [0.25, 0.3) is 0 Å². The van der Waals surface area contributed by atoms with Crippen LogP contribution in [0.1, 0.15) is 11.1 Å². The first kappa shape index (κ1) is 13.2. The zero-order valence-corrected chi connectivity index (χ0v) is 11.3. The lowest BCUT2D eigenvalue weighted by molar-refractivity contribution is -0.142. The fraction of sp³-hybridized carbons (Fsp3) is 0.417. The molecule has 1 atom stereocenters. The summed E-state index contributed by atoms with van der Waals surface area (Å²) in [5, 5.41) is 9.08. The first-order valence-corrected chi connectivity index (χ1v) is 5.85. The van der Waals surface area contributed by atoms with Gasteiger partial charge in [-0.2, -0.15) is 0 Å². The number of hydrogen-bond acceptors (Lipinski definition) is 2. The van der Waals surface area contributed by atoms with Crippen LogP contribution in [0.3, 0.4) is 0 Å². The smallest absolute Gasteiger partial charge is 0.321 e. The molecule has 0 aliphatic carbocycles. The number of carbonyl (C=O) groups is 1. The molecule has 3 nitrogen and oxygen atoms in total.